The van der Waals surface area contributed by atoms with Gasteiger partial charge in [0.05, 0.1) is 0 Å². The first-order chi connectivity index (χ1) is 10.3. The van der Waals surface area contributed by atoms with Gasteiger partial charge in [-0.3, -0.25) is 4.79 Å². The summed E-state index contributed by atoms with van der Waals surface area (Å²) >= 11 is 0. The van der Waals surface area contributed by atoms with E-state index in [9.17, 15) is 4.79 Å². The number of carbonyl (C=O) groups is 1. The number of likely N-dealkylation sites (tertiary alicyclic amines) is 1. The number of hydrogen-bond acceptors (Lipinski definition) is 3. The Balaban J connectivity index is 1.52. The van der Waals surface area contributed by atoms with Crippen molar-refractivity contribution in [3.8, 4) is 5.75 Å². The van der Waals surface area contributed by atoms with E-state index < -0.39 is 0 Å². The number of piperidine rings is 1. The molecule has 3 rings (SSSR count). The molecule has 2 aliphatic rings. The summed E-state index contributed by atoms with van der Waals surface area (Å²) < 4.78 is 5.77. The molecule has 4 nitrogen and oxygen atoms in total. The van der Waals surface area contributed by atoms with Crippen LogP contribution in [0.1, 0.15) is 37.7 Å². The second-order valence-electron chi connectivity index (χ2n) is 5.99. The lowest BCUT2D eigenvalue weighted by Gasteiger charge is -2.26. The van der Waals surface area contributed by atoms with Gasteiger partial charge in [0, 0.05) is 31.2 Å². The van der Waals surface area contributed by atoms with Crippen molar-refractivity contribution in [2.75, 3.05) is 19.7 Å². The van der Waals surface area contributed by atoms with E-state index in [0.29, 0.717) is 6.04 Å². The third kappa shape index (κ3) is 4.21. The number of amides is 1. The Morgan fingerprint density at radius 1 is 1.19 bits per heavy atom. The van der Waals surface area contributed by atoms with Crippen LogP contribution in [0.4, 0.5) is 0 Å². The molecule has 1 N–H and O–H groups in total. The molecule has 1 aliphatic carbocycles. The van der Waals surface area contributed by atoms with E-state index in [0.717, 1.165) is 43.8 Å². The number of ether oxygens (including phenoxy) is 1. The highest BCUT2D eigenvalue weighted by Gasteiger charge is 2.21. The molecular formula is C17H24N2O2. The fraction of sp³-hybridized carbons (Fsp3) is 0.588. The van der Waals surface area contributed by atoms with E-state index in [1.54, 1.807) is 0 Å². The third-order valence-corrected chi connectivity index (χ3v) is 4.19. The number of carbonyl (C=O) groups excluding carboxylic acids is 1. The summed E-state index contributed by atoms with van der Waals surface area (Å²) in [7, 11) is 0. The highest BCUT2D eigenvalue weighted by atomic mass is 16.5. The minimum atomic E-state index is 0.111. The van der Waals surface area contributed by atoms with Crippen LogP contribution in [0, 0.1) is 0 Å². The summed E-state index contributed by atoms with van der Waals surface area (Å²) in [6, 6.07) is 8.67. The Hall–Kier alpha value is -1.55. The lowest BCUT2D eigenvalue weighted by Crippen LogP contribution is -2.38. The summed E-state index contributed by atoms with van der Waals surface area (Å²) in [5, 5.41) is 3.49. The third-order valence-electron chi connectivity index (χ3n) is 4.19. The number of nitrogens with one attached hydrogen (secondary N) is 1. The molecule has 1 heterocycles. The van der Waals surface area contributed by atoms with Gasteiger partial charge in [-0.05, 0) is 38.2 Å². The zero-order chi connectivity index (χ0) is 14.5. The van der Waals surface area contributed by atoms with Crippen molar-refractivity contribution in [1.82, 2.24) is 10.2 Å². The highest BCUT2D eigenvalue weighted by molar-refractivity contribution is 5.77. The minimum absolute atomic E-state index is 0.111. The van der Waals surface area contributed by atoms with Crippen LogP contribution in [0.25, 0.3) is 0 Å². The Labute approximate surface area is 126 Å². The molecule has 1 aliphatic heterocycles. The van der Waals surface area contributed by atoms with Crippen molar-refractivity contribution in [1.29, 1.82) is 0 Å². The minimum Gasteiger partial charge on any atom is -0.483 e. The Morgan fingerprint density at radius 3 is 2.71 bits per heavy atom. The van der Waals surface area contributed by atoms with Gasteiger partial charge >= 0.3 is 0 Å². The maximum Gasteiger partial charge on any atom is 0.260 e. The average Bonchev–Trinajstić information content (AvgIpc) is 3.36. The molecule has 1 amide bonds. The van der Waals surface area contributed by atoms with Crippen LogP contribution in [0.2, 0.25) is 0 Å². The topological polar surface area (TPSA) is 41.6 Å². The number of nitrogens with zero attached hydrogens (tertiary/aromatic N) is 1. The molecular weight excluding hydrogens is 264 g/mol. The van der Waals surface area contributed by atoms with Gasteiger partial charge < -0.3 is 15.0 Å². The van der Waals surface area contributed by atoms with Crippen molar-refractivity contribution in [2.24, 2.45) is 0 Å². The van der Waals surface area contributed by atoms with Gasteiger partial charge in [0.2, 0.25) is 0 Å². The van der Waals surface area contributed by atoms with E-state index >= 15 is 0 Å². The van der Waals surface area contributed by atoms with Crippen LogP contribution in [0.15, 0.2) is 24.3 Å². The van der Waals surface area contributed by atoms with Gasteiger partial charge in [0.1, 0.15) is 5.75 Å². The molecule has 0 aromatic heterocycles. The average molecular weight is 288 g/mol. The van der Waals surface area contributed by atoms with E-state index in [2.05, 4.69) is 11.4 Å². The van der Waals surface area contributed by atoms with Gasteiger partial charge in [-0.2, -0.15) is 0 Å². The summed E-state index contributed by atoms with van der Waals surface area (Å²) in [5.41, 5.74) is 1.14. The molecule has 1 saturated heterocycles. The number of rotatable bonds is 6. The second kappa shape index (κ2) is 6.94. The lowest BCUT2D eigenvalue weighted by molar-refractivity contribution is -0.134. The van der Waals surface area contributed by atoms with E-state index in [1.807, 2.05) is 23.1 Å². The summed E-state index contributed by atoms with van der Waals surface area (Å²) in [4.78, 5) is 14.1. The zero-order valence-electron chi connectivity index (χ0n) is 12.5. The summed E-state index contributed by atoms with van der Waals surface area (Å²) in [6.07, 6.45) is 6.02. The molecule has 114 valence electrons. The van der Waals surface area contributed by atoms with Crippen molar-refractivity contribution in [3.05, 3.63) is 29.8 Å². The fourth-order valence-corrected chi connectivity index (χ4v) is 2.71. The van der Waals surface area contributed by atoms with Crippen molar-refractivity contribution in [3.63, 3.8) is 0 Å². The Kier molecular flexibility index (Phi) is 4.76. The Bertz CT molecular complexity index is 479. The first-order valence-corrected chi connectivity index (χ1v) is 8.05. The maximum absolute atomic E-state index is 12.1. The fourth-order valence-electron chi connectivity index (χ4n) is 2.71. The molecule has 4 heteroatoms. The molecule has 1 aromatic carbocycles. The molecule has 0 spiro atoms. The van der Waals surface area contributed by atoms with Gasteiger partial charge in [-0.15, -0.1) is 0 Å². The monoisotopic (exact) mass is 288 g/mol. The SMILES string of the molecule is O=C(COc1ccccc1CNC1CC1)N1CCCCC1. The number of benzene rings is 1. The van der Waals surface area contributed by atoms with Gasteiger partial charge in [0.25, 0.3) is 5.91 Å². The normalized spacial score (nSPS) is 18.6. The first kappa shape index (κ1) is 14.4. The molecule has 0 atom stereocenters. The molecule has 21 heavy (non-hydrogen) atoms. The predicted molar refractivity (Wildman–Crippen MR) is 82.2 cm³/mol. The molecule has 0 bridgehead atoms. The van der Waals surface area contributed by atoms with Crippen molar-refractivity contribution in [2.45, 2.75) is 44.7 Å². The zero-order valence-corrected chi connectivity index (χ0v) is 12.5. The van der Waals surface area contributed by atoms with Crippen LogP contribution in [0.3, 0.4) is 0 Å². The van der Waals surface area contributed by atoms with E-state index in [4.69, 9.17) is 4.74 Å². The smallest absolute Gasteiger partial charge is 0.260 e. The van der Waals surface area contributed by atoms with Crippen LogP contribution >= 0.6 is 0 Å². The summed E-state index contributed by atoms with van der Waals surface area (Å²) in [6.45, 7) is 2.74. The first-order valence-electron chi connectivity index (χ1n) is 8.05. The number of hydrogen-bond donors (Lipinski definition) is 1. The van der Waals surface area contributed by atoms with Crippen LogP contribution in [-0.4, -0.2) is 36.5 Å². The van der Waals surface area contributed by atoms with Crippen LogP contribution in [-0.2, 0) is 11.3 Å². The maximum atomic E-state index is 12.1. The molecule has 2 fully saturated rings. The lowest BCUT2D eigenvalue weighted by atomic mass is 10.1. The van der Waals surface area contributed by atoms with Crippen LogP contribution < -0.4 is 10.1 Å². The van der Waals surface area contributed by atoms with E-state index in [-0.39, 0.29) is 12.5 Å². The molecule has 1 saturated carbocycles. The standard InChI is InChI=1S/C17H24N2O2/c20-17(19-10-4-1-5-11-19)13-21-16-7-3-2-6-14(16)12-18-15-8-9-15/h2-3,6-7,15,18H,1,4-5,8-13H2. The van der Waals surface area contributed by atoms with E-state index in [1.165, 1.54) is 19.3 Å². The molecule has 0 radical (unpaired) electrons. The van der Waals surface area contributed by atoms with Crippen LogP contribution in [0.5, 0.6) is 5.75 Å². The molecule has 0 unspecified atom stereocenters. The van der Waals surface area contributed by atoms with Crippen molar-refractivity contribution < 1.29 is 9.53 Å². The van der Waals surface area contributed by atoms with Gasteiger partial charge in [0.15, 0.2) is 6.61 Å². The quantitative estimate of drug-likeness (QED) is 0.873. The largest absolute Gasteiger partial charge is 0.483 e. The number of para-hydroxylation sites is 1. The van der Waals surface area contributed by atoms with Crippen molar-refractivity contribution >= 4 is 5.91 Å². The Morgan fingerprint density at radius 2 is 1.95 bits per heavy atom. The summed E-state index contributed by atoms with van der Waals surface area (Å²) in [5.74, 6) is 0.940. The highest BCUT2D eigenvalue weighted by Crippen LogP contribution is 2.22. The van der Waals surface area contributed by atoms with Gasteiger partial charge in [-0.1, -0.05) is 18.2 Å². The second-order valence-corrected chi connectivity index (χ2v) is 5.99. The predicted octanol–water partition coefficient (Wildman–Crippen LogP) is 2.33. The van der Waals surface area contributed by atoms with Gasteiger partial charge in [-0.25, -0.2) is 0 Å². The molecule has 1 aromatic rings.